The summed E-state index contributed by atoms with van der Waals surface area (Å²) >= 11 is 0. The summed E-state index contributed by atoms with van der Waals surface area (Å²) in [5, 5.41) is 0. The van der Waals surface area contributed by atoms with E-state index in [0.29, 0.717) is 0 Å². The molecule has 1 aliphatic rings. The second-order valence-corrected chi connectivity index (χ2v) is 6.54. The maximum absolute atomic E-state index is 12.3. The van der Waals surface area contributed by atoms with Crippen LogP contribution in [0.4, 0.5) is 0 Å². The fraction of sp³-hybridized carbons (Fsp3) is 0.385. The fourth-order valence-corrected chi connectivity index (χ4v) is 3.66. The van der Waals surface area contributed by atoms with E-state index in [-0.39, 0.29) is 4.90 Å². The number of hydrogen-bond donors (Lipinski definition) is 0. The van der Waals surface area contributed by atoms with Crippen LogP contribution in [-0.2, 0) is 24.3 Å². The SMILES string of the molecule is CC(=O)OC1C(=O)N(S(=O)(=O)c2ccc(C)cc2)C1C. The summed E-state index contributed by atoms with van der Waals surface area (Å²) in [6, 6.07) is 5.52. The molecule has 1 amide bonds. The quantitative estimate of drug-likeness (QED) is 0.610. The first kappa shape index (κ1) is 14.5. The van der Waals surface area contributed by atoms with Crippen molar-refractivity contribution in [2.45, 2.75) is 37.8 Å². The first-order valence-corrected chi connectivity index (χ1v) is 7.51. The number of rotatable bonds is 3. The highest BCUT2D eigenvalue weighted by Gasteiger charge is 2.53. The highest BCUT2D eigenvalue weighted by atomic mass is 32.2. The van der Waals surface area contributed by atoms with Crippen LogP contribution in [0.25, 0.3) is 0 Å². The lowest BCUT2D eigenvalue weighted by Gasteiger charge is -2.42. The molecule has 2 atom stereocenters. The Hall–Kier alpha value is -1.89. The highest BCUT2D eigenvalue weighted by Crippen LogP contribution is 2.30. The van der Waals surface area contributed by atoms with Crippen LogP contribution >= 0.6 is 0 Å². The van der Waals surface area contributed by atoms with E-state index in [1.165, 1.54) is 26.0 Å². The first-order chi connectivity index (χ1) is 9.25. The number of esters is 1. The zero-order valence-electron chi connectivity index (χ0n) is 11.4. The molecule has 0 radical (unpaired) electrons. The van der Waals surface area contributed by atoms with Crippen molar-refractivity contribution in [2.75, 3.05) is 0 Å². The van der Waals surface area contributed by atoms with E-state index in [4.69, 9.17) is 4.74 Å². The molecule has 2 unspecified atom stereocenters. The number of carbonyl (C=O) groups is 2. The molecule has 0 N–H and O–H groups in total. The smallest absolute Gasteiger partial charge is 0.303 e. The van der Waals surface area contributed by atoms with Gasteiger partial charge in [-0.2, -0.15) is 0 Å². The number of β-lactam (4-membered cyclic amide) rings is 1. The third-order valence-corrected chi connectivity index (χ3v) is 5.04. The summed E-state index contributed by atoms with van der Waals surface area (Å²) < 4.78 is 30.2. The second kappa shape index (κ2) is 4.90. The molecule has 1 saturated heterocycles. The number of ether oxygens (including phenoxy) is 1. The zero-order valence-corrected chi connectivity index (χ0v) is 12.2. The van der Waals surface area contributed by atoms with Gasteiger partial charge in [0.25, 0.3) is 15.9 Å². The predicted octanol–water partition coefficient (Wildman–Crippen LogP) is 0.846. The number of aryl methyl sites for hydroxylation is 1. The fourth-order valence-electron chi connectivity index (χ4n) is 2.06. The summed E-state index contributed by atoms with van der Waals surface area (Å²) in [5.74, 6) is -1.32. The summed E-state index contributed by atoms with van der Waals surface area (Å²) in [7, 11) is -3.89. The van der Waals surface area contributed by atoms with Crippen LogP contribution in [0.5, 0.6) is 0 Å². The molecular formula is C13H15NO5S. The number of carbonyl (C=O) groups excluding carboxylic acids is 2. The monoisotopic (exact) mass is 297 g/mol. The Bertz CT molecular complexity index is 650. The largest absolute Gasteiger partial charge is 0.450 e. The van der Waals surface area contributed by atoms with Gasteiger partial charge in [0.2, 0.25) is 6.10 Å². The van der Waals surface area contributed by atoms with Crippen LogP contribution < -0.4 is 0 Å². The lowest BCUT2D eigenvalue weighted by atomic mass is 10.0. The first-order valence-electron chi connectivity index (χ1n) is 6.07. The lowest BCUT2D eigenvalue weighted by molar-refractivity contribution is -0.172. The average molecular weight is 297 g/mol. The molecule has 0 saturated carbocycles. The van der Waals surface area contributed by atoms with E-state index >= 15 is 0 Å². The van der Waals surface area contributed by atoms with Crippen LogP contribution in [0.15, 0.2) is 29.2 Å². The van der Waals surface area contributed by atoms with Crippen LogP contribution in [0, 0.1) is 6.92 Å². The van der Waals surface area contributed by atoms with Gasteiger partial charge in [-0.15, -0.1) is 0 Å². The molecule has 0 bridgehead atoms. The van der Waals surface area contributed by atoms with E-state index in [2.05, 4.69) is 0 Å². The van der Waals surface area contributed by atoms with Gasteiger partial charge in [0.05, 0.1) is 10.9 Å². The third kappa shape index (κ3) is 2.29. The minimum atomic E-state index is -3.89. The molecule has 7 heteroatoms. The van der Waals surface area contributed by atoms with Gasteiger partial charge in [-0.3, -0.25) is 9.59 Å². The number of nitrogens with zero attached hydrogens (tertiary/aromatic N) is 1. The molecule has 0 aliphatic carbocycles. The summed E-state index contributed by atoms with van der Waals surface area (Å²) in [4.78, 5) is 22.8. The van der Waals surface area contributed by atoms with Crippen molar-refractivity contribution in [3.63, 3.8) is 0 Å². The Morgan fingerprint density at radius 3 is 2.25 bits per heavy atom. The molecule has 1 aromatic carbocycles. The van der Waals surface area contributed by atoms with Crippen molar-refractivity contribution in [3.05, 3.63) is 29.8 Å². The van der Waals surface area contributed by atoms with Gasteiger partial charge in [0.15, 0.2) is 0 Å². The van der Waals surface area contributed by atoms with Crippen LogP contribution in [0.1, 0.15) is 19.4 Å². The van der Waals surface area contributed by atoms with Crippen LogP contribution in [-0.4, -0.2) is 36.7 Å². The Morgan fingerprint density at radius 1 is 1.25 bits per heavy atom. The van der Waals surface area contributed by atoms with Gasteiger partial charge < -0.3 is 4.74 Å². The van der Waals surface area contributed by atoms with E-state index in [9.17, 15) is 18.0 Å². The highest BCUT2D eigenvalue weighted by molar-refractivity contribution is 7.89. The van der Waals surface area contributed by atoms with E-state index in [1.807, 2.05) is 6.92 Å². The van der Waals surface area contributed by atoms with Crippen molar-refractivity contribution >= 4 is 21.9 Å². The zero-order chi connectivity index (χ0) is 15.1. The lowest BCUT2D eigenvalue weighted by Crippen LogP contribution is -2.66. The van der Waals surface area contributed by atoms with E-state index in [1.54, 1.807) is 12.1 Å². The summed E-state index contributed by atoms with van der Waals surface area (Å²) in [5.41, 5.74) is 0.921. The van der Waals surface area contributed by atoms with Gasteiger partial charge in [-0.05, 0) is 26.0 Å². The van der Waals surface area contributed by atoms with Gasteiger partial charge in [0, 0.05) is 6.92 Å². The molecule has 108 valence electrons. The van der Waals surface area contributed by atoms with Crippen molar-refractivity contribution in [1.82, 2.24) is 4.31 Å². The molecule has 20 heavy (non-hydrogen) atoms. The predicted molar refractivity (Wildman–Crippen MR) is 70.2 cm³/mol. The normalized spacial score (nSPS) is 22.4. The average Bonchev–Trinajstić information content (AvgIpc) is 2.36. The molecule has 1 fully saturated rings. The van der Waals surface area contributed by atoms with Gasteiger partial charge >= 0.3 is 5.97 Å². The van der Waals surface area contributed by atoms with Crippen LogP contribution in [0.3, 0.4) is 0 Å². The summed E-state index contributed by atoms with van der Waals surface area (Å²) in [6.07, 6.45) is -1.02. The van der Waals surface area contributed by atoms with Gasteiger partial charge in [0.1, 0.15) is 0 Å². The van der Waals surface area contributed by atoms with Crippen LogP contribution in [0.2, 0.25) is 0 Å². The third-order valence-electron chi connectivity index (χ3n) is 3.14. The van der Waals surface area contributed by atoms with Crippen molar-refractivity contribution in [3.8, 4) is 0 Å². The second-order valence-electron chi connectivity index (χ2n) is 4.72. The van der Waals surface area contributed by atoms with Crippen molar-refractivity contribution < 1.29 is 22.7 Å². The molecule has 0 spiro atoms. The molecular weight excluding hydrogens is 282 g/mol. The minimum absolute atomic E-state index is 0.0459. The molecule has 2 rings (SSSR count). The molecule has 1 aliphatic heterocycles. The van der Waals surface area contributed by atoms with Gasteiger partial charge in [-0.25, -0.2) is 12.7 Å². The topological polar surface area (TPSA) is 80.8 Å². The van der Waals surface area contributed by atoms with Gasteiger partial charge in [-0.1, -0.05) is 17.7 Å². The Kier molecular flexibility index (Phi) is 3.56. The number of benzene rings is 1. The number of amides is 1. The standard InChI is InChI=1S/C13H15NO5S/c1-8-4-6-11(7-5-8)20(17,18)14-9(2)12(13(14)16)19-10(3)15/h4-7,9,12H,1-3H3. The number of sulfonamides is 1. The Balaban J connectivity index is 2.26. The van der Waals surface area contributed by atoms with E-state index in [0.717, 1.165) is 9.87 Å². The van der Waals surface area contributed by atoms with Crippen molar-refractivity contribution in [1.29, 1.82) is 0 Å². The maximum atomic E-state index is 12.3. The number of hydrogen-bond acceptors (Lipinski definition) is 5. The molecule has 0 aromatic heterocycles. The minimum Gasteiger partial charge on any atom is -0.450 e. The molecule has 1 heterocycles. The Morgan fingerprint density at radius 2 is 1.80 bits per heavy atom. The maximum Gasteiger partial charge on any atom is 0.303 e. The Labute approximate surface area is 117 Å². The van der Waals surface area contributed by atoms with E-state index < -0.39 is 34.0 Å². The molecule has 6 nitrogen and oxygen atoms in total. The summed E-state index contributed by atoms with van der Waals surface area (Å²) in [6.45, 7) is 4.54. The molecule has 1 aromatic rings. The van der Waals surface area contributed by atoms with Crippen molar-refractivity contribution in [2.24, 2.45) is 0 Å².